The van der Waals surface area contributed by atoms with Crippen molar-refractivity contribution in [2.45, 2.75) is 84.8 Å². The van der Waals surface area contributed by atoms with Crippen LogP contribution in [0, 0.1) is 5.92 Å². The number of likely N-dealkylation sites (tertiary alicyclic amines) is 2. The topological polar surface area (TPSA) is 111 Å². The van der Waals surface area contributed by atoms with Crippen LogP contribution < -0.4 is 4.74 Å². The van der Waals surface area contributed by atoms with Gasteiger partial charge < -0.3 is 19.3 Å². The van der Waals surface area contributed by atoms with Gasteiger partial charge in [0.25, 0.3) is 0 Å². The zero-order valence-corrected chi connectivity index (χ0v) is 28.2. The summed E-state index contributed by atoms with van der Waals surface area (Å²) in [5, 5.41) is 8.77. The Morgan fingerprint density at radius 2 is 1.74 bits per heavy atom. The Hall–Kier alpha value is -4.60. The number of hydrogen-bond acceptors (Lipinski definition) is 8. The van der Waals surface area contributed by atoms with Gasteiger partial charge in [-0.2, -0.15) is 10.2 Å². The maximum Gasteiger partial charge on any atom is 0.410 e. The van der Waals surface area contributed by atoms with E-state index in [0.29, 0.717) is 55.9 Å². The van der Waals surface area contributed by atoms with Crippen LogP contribution in [0.5, 0.6) is 11.5 Å². The third kappa shape index (κ3) is 7.69. The van der Waals surface area contributed by atoms with Gasteiger partial charge in [0.1, 0.15) is 17.1 Å². The number of amides is 2. The number of carbonyl (C=O) groups excluding carboxylic acids is 2. The molecule has 1 atom stereocenters. The largest absolute Gasteiger partial charge is 0.457 e. The summed E-state index contributed by atoms with van der Waals surface area (Å²) in [6.07, 6.45) is 3.70. The molecular formula is C37H44N6O4. The van der Waals surface area contributed by atoms with Crippen molar-refractivity contribution in [3.63, 3.8) is 0 Å². The van der Waals surface area contributed by atoms with E-state index in [2.05, 4.69) is 31.0 Å². The van der Waals surface area contributed by atoms with Gasteiger partial charge in [0.05, 0.1) is 28.1 Å². The minimum absolute atomic E-state index is 0.150. The van der Waals surface area contributed by atoms with Gasteiger partial charge in [-0.1, -0.05) is 20.8 Å². The highest BCUT2D eigenvalue weighted by Gasteiger charge is 2.30. The molecule has 10 nitrogen and oxygen atoms in total. The molecule has 2 aliphatic rings. The highest BCUT2D eigenvalue weighted by Crippen LogP contribution is 2.34. The van der Waals surface area contributed by atoms with Crippen LogP contribution in [0.4, 0.5) is 4.79 Å². The van der Waals surface area contributed by atoms with Gasteiger partial charge in [0.2, 0.25) is 5.91 Å². The Morgan fingerprint density at radius 3 is 2.36 bits per heavy atom. The molecule has 2 amide bonds. The molecule has 2 fully saturated rings. The number of carbonyl (C=O) groups is 2. The van der Waals surface area contributed by atoms with Crippen molar-refractivity contribution in [3.05, 3.63) is 71.7 Å². The third-order valence-corrected chi connectivity index (χ3v) is 8.73. The minimum Gasteiger partial charge on any atom is -0.457 e. The second-order valence-corrected chi connectivity index (χ2v) is 14.2. The lowest BCUT2D eigenvalue weighted by molar-refractivity contribution is -0.128. The molecule has 6 rings (SSSR count). The molecule has 2 aromatic carbocycles. The Morgan fingerprint density at radius 1 is 1.00 bits per heavy atom. The first-order chi connectivity index (χ1) is 22.4. The van der Waals surface area contributed by atoms with Gasteiger partial charge in [0, 0.05) is 61.9 Å². The van der Waals surface area contributed by atoms with Crippen molar-refractivity contribution in [1.82, 2.24) is 30.0 Å². The second-order valence-electron chi connectivity index (χ2n) is 14.2. The first kappa shape index (κ1) is 32.3. The van der Waals surface area contributed by atoms with E-state index in [9.17, 15) is 9.59 Å². The molecule has 4 aromatic rings. The molecule has 2 aliphatic heterocycles. The van der Waals surface area contributed by atoms with Crippen LogP contribution in [0.15, 0.2) is 54.7 Å². The fourth-order valence-corrected chi connectivity index (χ4v) is 6.15. The van der Waals surface area contributed by atoms with Crippen molar-refractivity contribution in [1.29, 1.82) is 0 Å². The summed E-state index contributed by atoms with van der Waals surface area (Å²) in [6, 6.07) is 15.7. The van der Waals surface area contributed by atoms with Crippen molar-refractivity contribution in [2.24, 2.45) is 5.92 Å². The summed E-state index contributed by atoms with van der Waals surface area (Å²) in [6.45, 7) is 14.3. The van der Waals surface area contributed by atoms with E-state index >= 15 is 0 Å². The number of rotatable bonds is 7. The highest BCUT2D eigenvalue weighted by molar-refractivity contribution is 5.80. The average Bonchev–Trinajstić information content (AvgIpc) is 3.36. The van der Waals surface area contributed by atoms with Gasteiger partial charge in [-0.25, -0.2) is 9.78 Å². The summed E-state index contributed by atoms with van der Waals surface area (Å²) < 4.78 is 12.1. The smallest absolute Gasteiger partial charge is 0.410 e. The lowest BCUT2D eigenvalue weighted by Crippen LogP contribution is -2.41. The quantitative estimate of drug-likeness (QED) is 0.205. The molecule has 0 radical (unpaired) electrons. The number of aromatic nitrogens is 4. The van der Waals surface area contributed by atoms with Crippen LogP contribution in [-0.2, 0) is 16.1 Å². The van der Waals surface area contributed by atoms with Crippen LogP contribution in [0.1, 0.15) is 89.6 Å². The molecule has 0 N–H and O–H groups in total. The monoisotopic (exact) mass is 636 g/mol. The Kier molecular flexibility index (Phi) is 9.12. The van der Waals surface area contributed by atoms with E-state index < -0.39 is 5.60 Å². The van der Waals surface area contributed by atoms with Gasteiger partial charge in [-0.15, -0.1) is 0 Å². The van der Waals surface area contributed by atoms with Crippen LogP contribution >= 0.6 is 0 Å². The molecule has 10 heteroatoms. The number of fused-ring (bicyclic) bond motifs is 1. The minimum atomic E-state index is -0.521. The van der Waals surface area contributed by atoms with Gasteiger partial charge >= 0.3 is 6.09 Å². The predicted octanol–water partition coefficient (Wildman–Crippen LogP) is 7.49. The molecular weight excluding hydrogens is 592 g/mol. The molecule has 2 saturated heterocycles. The summed E-state index contributed by atoms with van der Waals surface area (Å²) in [5.74, 6) is 2.29. The predicted molar refractivity (Wildman–Crippen MR) is 180 cm³/mol. The summed E-state index contributed by atoms with van der Waals surface area (Å²) >= 11 is 0. The lowest BCUT2D eigenvalue weighted by atomic mass is 9.94. The Balaban J connectivity index is 1.24. The molecule has 0 aliphatic carbocycles. The number of hydrogen-bond donors (Lipinski definition) is 0. The van der Waals surface area contributed by atoms with Crippen molar-refractivity contribution in [3.8, 4) is 22.8 Å². The standard InChI is InChI=1S/C37H44N6O4/c1-23(2)29-11-12-30(41-40-29)25-7-9-28(10-8-25)46-34-19-32-31(18-27(34)22-43-21-24(3)17-35(43)44)38-20-33(39-32)26-13-15-42(16-14-26)36(45)47-37(4,5)6/h7-12,18-20,23-24,26H,13-17,21-22H2,1-6H3/t24-/m0/s1. The SMILES string of the molecule is CC(C)c1ccc(-c2ccc(Oc3cc4nc(C5CCN(C(=O)OC(C)(C)C)CC5)cnc4cc3CN3C[C@@H](C)CC3=O)cc2)nn1. The molecule has 0 saturated carbocycles. The van der Waals surface area contributed by atoms with Crippen LogP contribution in [0.25, 0.3) is 22.3 Å². The number of nitrogens with zero attached hydrogens (tertiary/aromatic N) is 6. The highest BCUT2D eigenvalue weighted by atomic mass is 16.6. The zero-order chi connectivity index (χ0) is 33.3. The Bertz CT molecular complexity index is 1740. The van der Waals surface area contributed by atoms with E-state index in [1.165, 1.54) is 0 Å². The average molecular weight is 637 g/mol. The molecule has 0 unspecified atom stereocenters. The summed E-state index contributed by atoms with van der Waals surface area (Å²) in [5.41, 5.74) is 5.45. The summed E-state index contributed by atoms with van der Waals surface area (Å²) in [4.78, 5) is 38.8. The van der Waals surface area contributed by atoms with Gasteiger partial charge in [-0.05, 0) is 87.9 Å². The van der Waals surface area contributed by atoms with E-state index in [1.54, 1.807) is 4.90 Å². The van der Waals surface area contributed by atoms with E-state index in [-0.39, 0.29) is 17.9 Å². The number of benzene rings is 2. The molecule has 2 aromatic heterocycles. The molecule has 0 bridgehead atoms. The van der Waals surface area contributed by atoms with E-state index in [1.807, 2.05) is 80.4 Å². The maximum atomic E-state index is 12.7. The molecule has 47 heavy (non-hydrogen) atoms. The van der Waals surface area contributed by atoms with E-state index in [0.717, 1.165) is 52.1 Å². The first-order valence-electron chi connectivity index (χ1n) is 16.6. The second kappa shape index (κ2) is 13.3. The van der Waals surface area contributed by atoms with Crippen LogP contribution in [-0.4, -0.2) is 67.2 Å². The third-order valence-electron chi connectivity index (χ3n) is 8.73. The zero-order valence-electron chi connectivity index (χ0n) is 28.2. The molecule has 0 spiro atoms. The van der Waals surface area contributed by atoms with Crippen molar-refractivity contribution < 1.29 is 19.1 Å². The fraction of sp³-hybridized carbons (Fsp3) is 0.459. The maximum absolute atomic E-state index is 12.7. The van der Waals surface area contributed by atoms with Gasteiger partial charge in [0.15, 0.2) is 0 Å². The Labute approximate surface area is 276 Å². The van der Waals surface area contributed by atoms with E-state index in [4.69, 9.17) is 19.4 Å². The first-order valence-corrected chi connectivity index (χ1v) is 16.6. The number of piperidine rings is 1. The van der Waals surface area contributed by atoms with Crippen LogP contribution in [0.2, 0.25) is 0 Å². The molecule has 4 heterocycles. The van der Waals surface area contributed by atoms with Crippen LogP contribution in [0.3, 0.4) is 0 Å². The van der Waals surface area contributed by atoms with Gasteiger partial charge in [-0.3, -0.25) is 9.78 Å². The normalized spacial score (nSPS) is 17.5. The number of ether oxygens (including phenoxy) is 2. The van der Waals surface area contributed by atoms with Crippen molar-refractivity contribution >= 4 is 23.0 Å². The lowest BCUT2D eigenvalue weighted by Gasteiger charge is -2.33. The van der Waals surface area contributed by atoms with Crippen molar-refractivity contribution in [2.75, 3.05) is 19.6 Å². The fourth-order valence-electron chi connectivity index (χ4n) is 6.15. The summed E-state index contributed by atoms with van der Waals surface area (Å²) in [7, 11) is 0. The molecule has 246 valence electrons.